The number of nitrogens with one attached hydrogen (secondary N) is 1. The summed E-state index contributed by atoms with van der Waals surface area (Å²) in [7, 11) is 1.79. The maximum Gasteiger partial charge on any atom is 0.274 e. The summed E-state index contributed by atoms with van der Waals surface area (Å²) in [5.74, 6) is -0.118. The Bertz CT molecular complexity index is 1110. The number of aryl methyl sites for hydroxylation is 1. The lowest BCUT2D eigenvalue weighted by atomic mass is 9.78. The van der Waals surface area contributed by atoms with Gasteiger partial charge in [-0.15, -0.1) is 0 Å². The summed E-state index contributed by atoms with van der Waals surface area (Å²) < 4.78 is 1.62. The molecule has 2 amide bonds. The molecule has 1 saturated heterocycles. The smallest absolute Gasteiger partial charge is 0.274 e. The number of rotatable bonds is 6. The van der Waals surface area contributed by atoms with Gasteiger partial charge in [-0.2, -0.15) is 5.10 Å². The quantitative estimate of drug-likeness (QED) is 0.649. The molecule has 6 nitrogen and oxygen atoms in total. The van der Waals surface area contributed by atoms with Gasteiger partial charge in [0.2, 0.25) is 5.91 Å². The van der Waals surface area contributed by atoms with Crippen molar-refractivity contribution >= 4 is 11.8 Å². The van der Waals surface area contributed by atoms with Gasteiger partial charge in [0.15, 0.2) is 0 Å². The zero-order valence-electron chi connectivity index (χ0n) is 18.9. The number of benzene rings is 2. The summed E-state index contributed by atoms with van der Waals surface area (Å²) in [4.78, 5) is 28.3. The molecule has 1 N–H and O–H groups in total. The lowest BCUT2D eigenvalue weighted by Gasteiger charge is -2.30. The number of hydrogen-bond acceptors (Lipinski definition) is 3. The molecule has 1 aliphatic heterocycles. The Hall–Kier alpha value is -3.41. The van der Waals surface area contributed by atoms with Crippen LogP contribution in [0.5, 0.6) is 0 Å². The van der Waals surface area contributed by atoms with Gasteiger partial charge in [-0.3, -0.25) is 14.3 Å². The van der Waals surface area contributed by atoms with Crippen LogP contribution in [0.15, 0.2) is 66.9 Å². The van der Waals surface area contributed by atoms with Crippen LogP contribution in [0.3, 0.4) is 0 Å². The topological polar surface area (TPSA) is 67.2 Å². The first-order valence-electron chi connectivity index (χ1n) is 11.1. The van der Waals surface area contributed by atoms with Crippen LogP contribution < -0.4 is 5.32 Å². The van der Waals surface area contributed by atoms with Crippen molar-refractivity contribution in [1.82, 2.24) is 20.0 Å². The van der Waals surface area contributed by atoms with E-state index in [0.717, 1.165) is 16.7 Å². The van der Waals surface area contributed by atoms with Crippen LogP contribution in [-0.4, -0.2) is 45.6 Å². The first-order valence-corrected chi connectivity index (χ1v) is 11.1. The second kappa shape index (κ2) is 8.99. The lowest BCUT2D eigenvalue weighted by Crippen LogP contribution is -2.47. The Balaban J connectivity index is 1.66. The van der Waals surface area contributed by atoms with Gasteiger partial charge >= 0.3 is 0 Å². The highest BCUT2D eigenvalue weighted by Crippen LogP contribution is 2.38. The normalized spacial score (nSPS) is 18.2. The van der Waals surface area contributed by atoms with Crippen molar-refractivity contribution in [3.63, 3.8) is 0 Å². The molecule has 0 unspecified atom stereocenters. The van der Waals surface area contributed by atoms with Gasteiger partial charge in [0.05, 0.1) is 5.41 Å². The molecule has 0 saturated carbocycles. The second-order valence-corrected chi connectivity index (χ2v) is 8.96. The Labute approximate surface area is 189 Å². The molecule has 1 fully saturated rings. The van der Waals surface area contributed by atoms with Crippen molar-refractivity contribution in [2.45, 2.75) is 32.7 Å². The van der Waals surface area contributed by atoms with Crippen LogP contribution in [0.2, 0.25) is 0 Å². The molecule has 0 aliphatic carbocycles. The summed E-state index contributed by atoms with van der Waals surface area (Å²) in [5, 5.41) is 7.37. The SMILES string of the molecule is CC(C)NC(=O)[C@@]1(Cc2ccccc2-c2ccccc2)CCN(C(=O)c2ccn(C)n2)C1. The highest BCUT2D eigenvalue weighted by atomic mass is 16.2. The van der Waals surface area contributed by atoms with Gasteiger partial charge in [0.1, 0.15) is 5.69 Å². The van der Waals surface area contributed by atoms with Crippen LogP contribution >= 0.6 is 0 Å². The van der Waals surface area contributed by atoms with Crippen molar-refractivity contribution in [3.05, 3.63) is 78.1 Å². The fraction of sp³-hybridized carbons (Fsp3) is 0.346. The fourth-order valence-electron chi connectivity index (χ4n) is 4.50. The molecule has 0 bridgehead atoms. The number of likely N-dealkylation sites (tertiary alicyclic amines) is 1. The van der Waals surface area contributed by atoms with Crippen molar-refractivity contribution in [2.24, 2.45) is 12.5 Å². The molecule has 1 aliphatic rings. The van der Waals surface area contributed by atoms with E-state index in [1.54, 1.807) is 28.9 Å². The van der Waals surface area contributed by atoms with Gasteiger partial charge in [-0.1, -0.05) is 54.6 Å². The van der Waals surface area contributed by atoms with Gasteiger partial charge in [0.25, 0.3) is 5.91 Å². The zero-order valence-corrected chi connectivity index (χ0v) is 18.9. The largest absolute Gasteiger partial charge is 0.353 e. The molecule has 4 rings (SSSR count). The van der Waals surface area contributed by atoms with E-state index in [1.807, 2.05) is 44.2 Å². The molecule has 2 aromatic carbocycles. The number of carbonyl (C=O) groups excluding carboxylic acids is 2. The van der Waals surface area contributed by atoms with E-state index < -0.39 is 5.41 Å². The molecule has 6 heteroatoms. The molecule has 0 radical (unpaired) electrons. The van der Waals surface area contributed by atoms with Crippen LogP contribution in [-0.2, 0) is 18.3 Å². The predicted molar refractivity (Wildman–Crippen MR) is 125 cm³/mol. The Morgan fingerprint density at radius 2 is 1.78 bits per heavy atom. The van der Waals surface area contributed by atoms with Crippen molar-refractivity contribution < 1.29 is 9.59 Å². The second-order valence-electron chi connectivity index (χ2n) is 8.96. The van der Waals surface area contributed by atoms with E-state index in [1.165, 1.54) is 0 Å². The van der Waals surface area contributed by atoms with Crippen LogP contribution in [0.25, 0.3) is 11.1 Å². The van der Waals surface area contributed by atoms with Crippen LogP contribution in [0, 0.1) is 5.41 Å². The van der Waals surface area contributed by atoms with E-state index in [0.29, 0.717) is 31.6 Å². The Morgan fingerprint density at radius 3 is 2.47 bits per heavy atom. The monoisotopic (exact) mass is 430 g/mol. The Kier molecular flexibility index (Phi) is 6.12. The molecular formula is C26H30N4O2. The summed E-state index contributed by atoms with van der Waals surface area (Å²) in [6, 6.07) is 20.2. The molecule has 2 heterocycles. The predicted octanol–water partition coefficient (Wildman–Crippen LogP) is 3.69. The highest BCUT2D eigenvalue weighted by Gasteiger charge is 2.46. The van der Waals surface area contributed by atoms with Crippen molar-refractivity contribution in [3.8, 4) is 11.1 Å². The van der Waals surface area contributed by atoms with Gasteiger partial charge in [-0.25, -0.2) is 0 Å². The first-order chi connectivity index (χ1) is 15.4. The van der Waals surface area contributed by atoms with Crippen LogP contribution in [0.4, 0.5) is 0 Å². The number of aromatic nitrogens is 2. The minimum absolute atomic E-state index is 0.00619. The number of amides is 2. The van der Waals surface area contributed by atoms with E-state index in [-0.39, 0.29) is 17.9 Å². The average molecular weight is 431 g/mol. The van der Waals surface area contributed by atoms with Crippen molar-refractivity contribution in [2.75, 3.05) is 13.1 Å². The minimum Gasteiger partial charge on any atom is -0.353 e. The van der Waals surface area contributed by atoms with E-state index in [4.69, 9.17) is 0 Å². The number of carbonyl (C=O) groups is 2. The molecule has 0 spiro atoms. The fourth-order valence-corrected chi connectivity index (χ4v) is 4.50. The highest BCUT2D eigenvalue weighted by molar-refractivity contribution is 5.94. The van der Waals surface area contributed by atoms with Gasteiger partial charge in [0, 0.05) is 32.4 Å². The standard InChI is InChI=1S/C26H30N4O2/c1-19(2)27-25(32)26(14-16-30(18-26)24(31)23-13-15-29(3)28-23)17-21-11-7-8-12-22(21)20-9-5-4-6-10-20/h4-13,15,19H,14,16-18H2,1-3H3,(H,27,32)/t26-/m1/s1. The van der Waals surface area contributed by atoms with Crippen molar-refractivity contribution in [1.29, 1.82) is 0 Å². The maximum absolute atomic E-state index is 13.5. The molecule has 32 heavy (non-hydrogen) atoms. The molecule has 1 aromatic heterocycles. The lowest BCUT2D eigenvalue weighted by molar-refractivity contribution is -0.130. The third-order valence-corrected chi connectivity index (χ3v) is 6.11. The van der Waals surface area contributed by atoms with E-state index >= 15 is 0 Å². The summed E-state index contributed by atoms with van der Waals surface area (Å²) in [5.41, 5.74) is 3.10. The minimum atomic E-state index is -0.681. The van der Waals surface area contributed by atoms with Gasteiger partial charge in [-0.05, 0) is 49.4 Å². The third kappa shape index (κ3) is 4.44. The van der Waals surface area contributed by atoms with E-state index in [9.17, 15) is 9.59 Å². The molecule has 3 aromatic rings. The van der Waals surface area contributed by atoms with Crippen LogP contribution in [0.1, 0.15) is 36.3 Å². The molecule has 166 valence electrons. The number of nitrogens with zero attached hydrogens (tertiary/aromatic N) is 3. The maximum atomic E-state index is 13.5. The molecular weight excluding hydrogens is 400 g/mol. The first kappa shape index (κ1) is 21.8. The number of hydrogen-bond donors (Lipinski definition) is 1. The summed E-state index contributed by atoms with van der Waals surface area (Å²) in [6.07, 6.45) is 2.95. The zero-order chi connectivity index (χ0) is 22.7. The Morgan fingerprint density at radius 1 is 1.06 bits per heavy atom. The average Bonchev–Trinajstić information content (AvgIpc) is 3.41. The van der Waals surface area contributed by atoms with Gasteiger partial charge < -0.3 is 10.2 Å². The summed E-state index contributed by atoms with van der Waals surface area (Å²) >= 11 is 0. The molecule has 1 atom stereocenters. The van der Waals surface area contributed by atoms with E-state index in [2.05, 4.69) is 34.7 Å². The third-order valence-electron chi connectivity index (χ3n) is 6.11. The summed E-state index contributed by atoms with van der Waals surface area (Å²) in [6.45, 7) is 4.85.